The third kappa shape index (κ3) is 8.49. The average Bonchev–Trinajstić information content (AvgIpc) is 2.99. The van der Waals surface area contributed by atoms with Crippen molar-refractivity contribution in [2.24, 2.45) is 0 Å². The summed E-state index contributed by atoms with van der Waals surface area (Å²) in [6.07, 6.45) is 6.31. The number of carbonyl (C=O) groups excluding carboxylic acids is 2. The van der Waals surface area contributed by atoms with Gasteiger partial charge in [0.2, 0.25) is 21.8 Å². The zero-order chi connectivity index (χ0) is 30.1. The van der Waals surface area contributed by atoms with Gasteiger partial charge in [0.15, 0.2) is 0 Å². The third-order valence-electron chi connectivity index (χ3n) is 7.54. The lowest BCUT2D eigenvalue weighted by atomic mass is 9.94. The van der Waals surface area contributed by atoms with Crippen molar-refractivity contribution in [1.82, 2.24) is 10.2 Å². The van der Waals surface area contributed by atoms with Gasteiger partial charge in [0.05, 0.1) is 19.1 Å². The number of benzene rings is 3. The van der Waals surface area contributed by atoms with Crippen LogP contribution < -0.4 is 14.4 Å². The molecule has 4 rings (SSSR count). The zero-order valence-corrected chi connectivity index (χ0v) is 25.6. The van der Waals surface area contributed by atoms with E-state index in [4.69, 9.17) is 16.3 Å². The predicted octanol–water partition coefficient (Wildman–Crippen LogP) is 5.20. The van der Waals surface area contributed by atoms with Crippen LogP contribution in [0.25, 0.3) is 0 Å². The molecule has 0 saturated heterocycles. The van der Waals surface area contributed by atoms with Crippen LogP contribution in [0, 0.1) is 0 Å². The summed E-state index contributed by atoms with van der Waals surface area (Å²) in [7, 11) is -2.39. The van der Waals surface area contributed by atoms with E-state index in [0.29, 0.717) is 16.3 Å². The first-order valence-electron chi connectivity index (χ1n) is 14.1. The summed E-state index contributed by atoms with van der Waals surface area (Å²) in [6.45, 7) is -0.470. The fourth-order valence-corrected chi connectivity index (χ4v) is 6.32. The van der Waals surface area contributed by atoms with Crippen LogP contribution in [0.5, 0.6) is 5.75 Å². The first kappa shape index (κ1) is 31.4. The monoisotopic (exact) mass is 611 g/mol. The van der Waals surface area contributed by atoms with E-state index in [1.165, 1.54) is 12.0 Å². The Morgan fingerprint density at radius 2 is 1.67 bits per heavy atom. The molecule has 1 atom stereocenters. The van der Waals surface area contributed by atoms with E-state index in [9.17, 15) is 18.0 Å². The molecule has 0 aliphatic heterocycles. The molecular weight excluding hydrogens is 574 g/mol. The number of methoxy groups -OCH3 is 1. The molecule has 1 aliphatic carbocycles. The van der Waals surface area contributed by atoms with Gasteiger partial charge in [0, 0.05) is 30.1 Å². The van der Waals surface area contributed by atoms with Gasteiger partial charge in [-0.3, -0.25) is 13.9 Å². The second-order valence-corrected chi connectivity index (χ2v) is 12.9. The second kappa shape index (κ2) is 14.6. The topological polar surface area (TPSA) is 96.0 Å². The molecule has 8 nitrogen and oxygen atoms in total. The normalized spacial score (nSPS) is 14.5. The van der Waals surface area contributed by atoms with Crippen molar-refractivity contribution in [3.8, 4) is 5.75 Å². The summed E-state index contributed by atoms with van der Waals surface area (Å²) in [6, 6.07) is 22.3. The number of nitrogens with one attached hydrogen (secondary N) is 1. The zero-order valence-electron chi connectivity index (χ0n) is 24.0. The van der Waals surface area contributed by atoms with E-state index in [-0.39, 0.29) is 30.6 Å². The average molecular weight is 612 g/mol. The standard InChI is InChI=1S/C32H38ClN3O5S/c1-41-28-18-11-17-27(21-28)36(42(2,39)40)23-31(37)35(22-25-14-9-10-19-29(25)33)30(20-24-12-5-3-6-13-24)32(38)34-26-15-7-4-8-16-26/h3,5-6,9-14,17-19,21,26,30H,4,7-8,15-16,20,22-23H2,1-2H3,(H,34,38)/t30-/m0/s1. The summed E-state index contributed by atoms with van der Waals surface area (Å²) in [5, 5.41) is 3.64. The van der Waals surface area contributed by atoms with Gasteiger partial charge < -0.3 is 15.0 Å². The number of halogens is 1. The van der Waals surface area contributed by atoms with Crippen molar-refractivity contribution in [3.63, 3.8) is 0 Å². The highest BCUT2D eigenvalue weighted by Gasteiger charge is 2.34. The Kier molecular flexibility index (Phi) is 10.9. The first-order valence-corrected chi connectivity index (χ1v) is 16.4. The minimum absolute atomic E-state index is 0.0316. The van der Waals surface area contributed by atoms with Gasteiger partial charge in [-0.25, -0.2) is 8.42 Å². The van der Waals surface area contributed by atoms with Gasteiger partial charge in [-0.2, -0.15) is 0 Å². The maximum Gasteiger partial charge on any atom is 0.244 e. The highest BCUT2D eigenvalue weighted by atomic mass is 35.5. The molecule has 42 heavy (non-hydrogen) atoms. The quantitative estimate of drug-likeness (QED) is 0.304. The summed E-state index contributed by atoms with van der Waals surface area (Å²) < 4.78 is 32.3. The van der Waals surface area contributed by atoms with Gasteiger partial charge in [0.25, 0.3) is 0 Å². The highest BCUT2D eigenvalue weighted by molar-refractivity contribution is 7.92. The molecule has 3 aromatic carbocycles. The van der Waals surface area contributed by atoms with Crippen LogP contribution in [0.2, 0.25) is 5.02 Å². The lowest BCUT2D eigenvalue weighted by molar-refractivity contribution is -0.140. The number of hydrogen-bond donors (Lipinski definition) is 1. The largest absolute Gasteiger partial charge is 0.497 e. The van der Waals surface area contributed by atoms with Crippen molar-refractivity contribution in [2.45, 2.75) is 57.2 Å². The summed E-state index contributed by atoms with van der Waals surface area (Å²) in [4.78, 5) is 29.7. The van der Waals surface area contributed by atoms with Gasteiger partial charge >= 0.3 is 0 Å². The Labute approximate surface area is 253 Å². The van der Waals surface area contributed by atoms with Crippen LogP contribution in [0.3, 0.4) is 0 Å². The van der Waals surface area contributed by atoms with Crippen LogP contribution in [0.1, 0.15) is 43.2 Å². The second-order valence-electron chi connectivity index (χ2n) is 10.6. The third-order valence-corrected chi connectivity index (χ3v) is 9.05. The lowest BCUT2D eigenvalue weighted by Crippen LogP contribution is -2.55. The summed E-state index contributed by atoms with van der Waals surface area (Å²) in [5.74, 6) is -0.336. The molecule has 1 saturated carbocycles. The summed E-state index contributed by atoms with van der Waals surface area (Å²) in [5.41, 5.74) is 1.82. The molecule has 1 N–H and O–H groups in total. The molecule has 1 aliphatic rings. The Balaban J connectivity index is 1.73. The van der Waals surface area contributed by atoms with Crippen LogP contribution in [-0.4, -0.2) is 57.1 Å². The number of rotatable bonds is 12. The minimum atomic E-state index is -3.88. The van der Waals surface area contributed by atoms with Crippen molar-refractivity contribution in [2.75, 3.05) is 24.2 Å². The van der Waals surface area contributed by atoms with Crippen LogP contribution >= 0.6 is 11.6 Å². The summed E-state index contributed by atoms with van der Waals surface area (Å²) >= 11 is 6.52. The molecule has 0 spiro atoms. The van der Waals surface area contributed by atoms with Gasteiger partial charge in [-0.15, -0.1) is 0 Å². The number of nitrogens with zero attached hydrogens (tertiary/aromatic N) is 2. The molecule has 3 aromatic rings. The van der Waals surface area contributed by atoms with Gasteiger partial charge in [0.1, 0.15) is 18.3 Å². The van der Waals surface area contributed by atoms with E-state index >= 15 is 0 Å². The van der Waals surface area contributed by atoms with Crippen molar-refractivity contribution >= 4 is 39.1 Å². The van der Waals surface area contributed by atoms with E-state index in [2.05, 4.69) is 5.32 Å². The van der Waals surface area contributed by atoms with Crippen molar-refractivity contribution < 1.29 is 22.7 Å². The molecule has 0 bridgehead atoms. The lowest BCUT2D eigenvalue weighted by Gasteiger charge is -2.35. The Morgan fingerprint density at radius 3 is 2.33 bits per heavy atom. The van der Waals surface area contributed by atoms with Crippen LogP contribution in [-0.2, 0) is 32.6 Å². The maximum atomic E-state index is 14.2. The Morgan fingerprint density at radius 1 is 0.976 bits per heavy atom. The van der Waals surface area contributed by atoms with Crippen LogP contribution in [0.15, 0.2) is 78.9 Å². The maximum absolute atomic E-state index is 14.2. The fourth-order valence-electron chi connectivity index (χ4n) is 5.29. The molecule has 10 heteroatoms. The number of carbonyl (C=O) groups is 2. The number of hydrogen-bond acceptors (Lipinski definition) is 5. The first-order chi connectivity index (χ1) is 20.2. The smallest absolute Gasteiger partial charge is 0.244 e. The Bertz CT molecular complexity index is 1460. The van der Waals surface area contributed by atoms with E-state index in [1.807, 2.05) is 36.4 Å². The number of anilines is 1. The predicted molar refractivity (Wildman–Crippen MR) is 166 cm³/mol. The van der Waals surface area contributed by atoms with E-state index in [1.54, 1.807) is 42.5 Å². The molecule has 0 aromatic heterocycles. The molecule has 0 radical (unpaired) electrons. The number of amides is 2. The molecule has 2 amide bonds. The number of sulfonamides is 1. The fraction of sp³-hybridized carbons (Fsp3) is 0.375. The number of ether oxygens (including phenoxy) is 1. The van der Waals surface area contributed by atoms with Gasteiger partial charge in [-0.1, -0.05) is 85.5 Å². The van der Waals surface area contributed by atoms with E-state index < -0.39 is 28.5 Å². The molecule has 0 heterocycles. The van der Waals surface area contributed by atoms with Crippen molar-refractivity contribution in [1.29, 1.82) is 0 Å². The SMILES string of the molecule is COc1cccc(N(CC(=O)N(Cc2ccccc2Cl)[C@@H](Cc2ccccc2)C(=O)NC2CCCCC2)S(C)(=O)=O)c1. The van der Waals surface area contributed by atoms with Crippen LogP contribution in [0.4, 0.5) is 5.69 Å². The van der Waals surface area contributed by atoms with Gasteiger partial charge in [-0.05, 0) is 42.2 Å². The Hall–Kier alpha value is -3.56. The minimum Gasteiger partial charge on any atom is -0.497 e. The highest BCUT2D eigenvalue weighted by Crippen LogP contribution is 2.26. The molecule has 0 unspecified atom stereocenters. The van der Waals surface area contributed by atoms with E-state index in [0.717, 1.165) is 48.2 Å². The molecular formula is C32H38ClN3O5S. The van der Waals surface area contributed by atoms with Crippen molar-refractivity contribution in [3.05, 3.63) is 95.0 Å². The molecule has 224 valence electrons. The molecule has 1 fully saturated rings.